The van der Waals surface area contributed by atoms with Crippen LogP contribution in [0, 0.1) is 5.92 Å². The van der Waals surface area contributed by atoms with Gasteiger partial charge in [0.1, 0.15) is 11.6 Å². The van der Waals surface area contributed by atoms with Gasteiger partial charge >= 0.3 is 0 Å². The van der Waals surface area contributed by atoms with Crippen LogP contribution in [0.1, 0.15) is 33.6 Å². The maximum absolute atomic E-state index is 11.8. The standard InChI is InChI=1S/C12H21NO3/c1-4-10(14)12(11(15)5-2)9-7-16-6-8(3)13-9/h8-9,12-13H,4-7H2,1-3H3. The van der Waals surface area contributed by atoms with Crippen molar-refractivity contribution in [2.75, 3.05) is 13.2 Å². The Kier molecular flexibility index (Phi) is 5.09. The first-order valence-electron chi connectivity index (χ1n) is 5.99. The van der Waals surface area contributed by atoms with Gasteiger partial charge in [0, 0.05) is 24.9 Å². The van der Waals surface area contributed by atoms with Crippen LogP contribution >= 0.6 is 0 Å². The number of rotatable bonds is 5. The molecule has 0 aliphatic carbocycles. The van der Waals surface area contributed by atoms with Crippen molar-refractivity contribution < 1.29 is 14.3 Å². The minimum absolute atomic E-state index is 0.0158. The molecule has 1 aliphatic rings. The van der Waals surface area contributed by atoms with Crippen LogP contribution in [0.4, 0.5) is 0 Å². The van der Waals surface area contributed by atoms with E-state index in [9.17, 15) is 9.59 Å². The normalized spacial score (nSPS) is 25.8. The molecular formula is C12H21NO3. The zero-order valence-corrected chi connectivity index (χ0v) is 10.3. The molecule has 0 amide bonds. The molecule has 0 aromatic carbocycles. The quantitative estimate of drug-likeness (QED) is 0.710. The molecule has 2 unspecified atom stereocenters. The molecule has 16 heavy (non-hydrogen) atoms. The smallest absolute Gasteiger partial charge is 0.144 e. The van der Waals surface area contributed by atoms with Gasteiger partial charge in [-0.05, 0) is 6.92 Å². The van der Waals surface area contributed by atoms with Crippen molar-refractivity contribution >= 4 is 11.6 Å². The molecule has 0 radical (unpaired) electrons. The highest BCUT2D eigenvalue weighted by atomic mass is 16.5. The van der Waals surface area contributed by atoms with Gasteiger partial charge in [-0.1, -0.05) is 13.8 Å². The molecule has 1 rings (SSSR count). The van der Waals surface area contributed by atoms with Gasteiger partial charge in [-0.2, -0.15) is 0 Å². The summed E-state index contributed by atoms with van der Waals surface area (Å²) in [5.74, 6) is -0.498. The molecule has 1 aliphatic heterocycles. The number of hydrogen-bond donors (Lipinski definition) is 1. The summed E-state index contributed by atoms with van der Waals surface area (Å²) in [5.41, 5.74) is 0. The Morgan fingerprint density at radius 1 is 1.25 bits per heavy atom. The van der Waals surface area contributed by atoms with Crippen molar-refractivity contribution in [1.29, 1.82) is 0 Å². The van der Waals surface area contributed by atoms with Crippen LogP contribution in [-0.2, 0) is 14.3 Å². The van der Waals surface area contributed by atoms with Gasteiger partial charge in [-0.3, -0.25) is 9.59 Å². The number of hydrogen-bond acceptors (Lipinski definition) is 4. The lowest BCUT2D eigenvalue weighted by molar-refractivity contribution is -0.135. The lowest BCUT2D eigenvalue weighted by atomic mass is 9.87. The fourth-order valence-electron chi connectivity index (χ4n) is 2.09. The Balaban J connectivity index is 2.75. The highest BCUT2D eigenvalue weighted by Crippen LogP contribution is 2.15. The SMILES string of the molecule is CCC(=O)C(C(=O)CC)C1COCC(C)N1. The highest BCUT2D eigenvalue weighted by molar-refractivity contribution is 6.03. The van der Waals surface area contributed by atoms with Crippen molar-refractivity contribution in [2.24, 2.45) is 5.92 Å². The predicted octanol–water partition coefficient (Wildman–Crippen LogP) is 0.938. The first-order valence-corrected chi connectivity index (χ1v) is 5.99. The summed E-state index contributed by atoms with van der Waals surface area (Å²) in [7, 11) is 0. The van der Waals surface area contributed by atoms with E-state index in [1.807, 2.05) is 6.92 Å². The van der Waals surface area contributed by atoms with Gasteiger partial charge in [-0.15, -0.1) is 0 Å². The van der Waals surface area contributed by atoms with E-state index in [-0.39, 0.29) is 23.7 Å². The molecule has 0 spiro atoms. The summed E-state index contributed by atoms with van der Waals surface area (Å²) in [4.78, 5) is 23.6. The van der Waals surface area contributed by atoms with Crippen LogP contribution in [0.5, 0.6) is 0 Å². The van der Waals surface area contributed by atoms with Crippen molar-refractivity contribution in [2.45, 2.75) is 45.7 Å². The maximum Gasteiger partial charge on any atom is 0.144 e. The molecule has 4 heteroatoms. The van der Waals surface area contributed by atoms with Gasteiger partial charge in [0.25, 0.3) is 0 Å². The van der Waals surface area contributed by atoms with Crippen LogP contribution in [0.2, 0.25) is 0 Å². The first-order chi connectivity index (χ1) is 7.60. The average molecular weight is 227 g/mol. The summed E-state index contributed by atoms with van der Waals surface area (Å²) in [5, 5.41) is 3.28. The molecule has 1 N–H and O–H groups in total. The van der Waals surface area contributed by atoms with E-state index in [1.165, 1.54) is 0 Å². The summed E-state index contributed by atoms with van der Waals surface area (Å²) in [6.45, 7) is 6.68. The fourth-order valence-corrected chi connectivity index (χ4v) is 2.09. The largest absolute Gasteiger partial charge is 0.378 e. The summed E-state index contributed by atoms with van der Waals surface area (Å²) < 4.78 is 5.40. The Morgan fingerprint density at radius 3 is 2.25 bits per heavy atom. The second kappa shape index (κ2) is 6.11. The molecule has 0 aromatic rings. The number of carbonyl (C=O) groups excluding carboxylic acids is 2. The van der Waals surface area contributed by atoms with Crippen LogP contribution in [0.3, 0.4) is 0 Å². The van der Waals surface area contributed by atoms with Crippen molar-refractivity contribution in [3.8, 4) is 0 Å². The maximum atomic E-state index is 11.8. The van der Waals surface area contributed by atoms with Crippen molar-refractivity contribution in [3.05, 3.63) is 0 Å². The highest BCUT2D eigenvalue weighted by Gasteiger charge is 2.34. The first kappa shape index (κ1) is 13.3. The minimum atomic E-state index is -0.530. The number of morpholine rings is 1. The minimum Gasteiger partial charge on any atom is -0.378 e. The third kappa shape index (κ3) is 3.12. The van der Waals surface area contributed by atoms with E-state index in [4.69, 9.17) is 4.74 Å². The molecular weight excluding hydrogens is 206 g/mol. The van der Waals surface area contributed by atoms with E-state index >= 15 is 0 Å². The summed E-state index contributed by atoms with van der Waals surface area (Å²) in [6, 6.07) is 0.0548. The predicted molar refractivity (Wildman–Crippen MR) is 61.3 cm³/mol. The van der Waals surface area contributed by atoms with Gasteiger partial charge in [0.15, 0.2) is 0 Å². The second-order valence-electron chi connectivity index (χ2n) is 4.33. The number of nitrogens with one attached hydrogen (secondary N) is 1. The molecule has 2 atom stereocenters. The molecule has 0 bridgehead atoms. The molecule has 1 heterocycles. The zero-order chi connectivity index (χ0) is 12.1. The van der Waals surface area contributed by atoms with Gasteiger partial charge in [-0.25, -0.2) is 0 Å². The van der Waals surface area contributed by atoms with Crippen LogP contribution in [-0.4, -0.2) is 36.9 Å². The number of ether oxygens (including phenoxy) is 1. The number of Topliss-reactive ketones (excluding diaryl/α,β-unsaturated/α-hetero) is 2. The average Bonchev–Trinajstić information content (AvgIpc) is 2.29. The van der Waals surface area contributed by atoms with Gasteiger partial charge < -0.3 is 10.1 Å². The second-order valence-corrected chi connectivity index (χ2v) is 4.33. The van der Waals surface area contributed by atoms with E-state index in [2.05, 4.69) is 5.32 Å². The van der Waals surface area contributed by atoms with E-state index < -0.39 is 5.92 Å². The lowest BCUT2D eigenvalue weighted by Crippen LogP contribution is -2.54. The molecule has 1 saturated heterocycles. The summed E-state index contributed by atoms with van der Waals surface area (Å²) in [6.07, 6.45) is 0.811. The molecule has 0 saturated carbocycles. The molecule has 0 aromatic heterocycles. The van der Waals surface area contributed by atoms with Crippen molar-refractivity contribution in [3.63, 3.8) is 0 Å². The third-order valence-electron chi connectivity index (χ3n) is 2.96. The zero-order valence-electron chi connectivity index (χ0n) is 10.3. The van der Waals surface area contributed by atoms with Gasteiger partial charge in [0.05, 0.1) is 19.1 Å². The Bertz CT molecular complexity index is 249. The van der Waals surface area contributed by atoms with Gasteiger partial charge in [0.2, 0.25) is 0 Å². The van der Waals surface area contributed by atoms with Crippen LogP contribution in [0.15, 0.2) is 0 Å². The third-order valence-corrected chi connectivity index (χ3v) is 2.96. The fraction of sp³-hybridized carbons (Fsp3) is 0.833. The Morgan fingerprint density at radius 2 is 1.81 bits per heavy atom. The molecule has 1 fully saturated rings. The topological polar surface area (TPSA) is 55.4 Å². The molecule has 4 nitrogen and oxygen atoms in total. The van der Waals surface area contributed by atoms with Crippen LogP contribution in [0.25, 0.3) is 0 Å². The Hall–Kier alpha value is -0.740. The summed E-state index contributed by atoms with van der Waals surface area (Å²) >= 11 is 0. The van der Waals surface area contributed by atoms with E-state index in [0.717, 1.165) is 0 Å². The van der Waals surface area contributed by atoms with E-state index in [0.29, 0.717) is 26.1 Å². The van der Waals surface area contributed by atoms with Crippen molar-refractivity contribution in [1.82, 2.24) is 5.32 Å². The molecule has 92 valence electrons. The van der Waals surface area contributed by atoms with Crippen LogP contribution < -0.4 is 5.32 Å². The Labute approximate surface area is 96.7 Å². The monoisotopic (exact) mass is 227 g/mol. The number of carbonyl (C=O) groups is 2. The lowest BCUT2D eigenvalue weighted by Gasteiger charge is -2.33. The van der Waals surface area contributed by atoms with E-state index in [1.54, 1.807) is 13.8 Å². The number of ketones is 2.